The molecule has 6 nitrogen and oxygen atoms in total. The number of carbonyl (C=O) groups is 2. The Kier molecular flexibility index (Phi) is 5.98. The van der Waals surface area contributed by atoms with Gasteiger partial charge in [0.05, 0.1) is 25.0 Å². The first-order valence-electron chi connectivity index (χ1n) is 10.8. The van der Waals surface area contributed by atoms with Crippen molar-refractivity contribution in [2.45, 2.75) is 26.7 Å². The number of benzene rings is 2. The second-order valence-electron chi connectivity index (χ2n) is 7.99. The number of nitrogens with zero attached hydrogens (tertiary/aromatic N) is 2. The monoisotopic (exact) mass is 420 g/mol. The van der Waals surface area contributed by atoms with Crippen molar-refractivity contribution < 1.29 is 19.1 Å². The van der Waals surface area contributed by atoms with Crippen LogP contribution in [0, 0.1) is 5.92 Å². The van der Waals surface area contributed by atoms with Crippen LogP contribution in [0.5, 0.6) is 11.5 Å². The Morgan fingerprint density at radius 2 is 1.52 bits per heavy atom. The molecule has 2 heterocycles. The van der Waals surface area contributed by atoms with Gasteiger partial charge in [0.15, 0.2) is 0 Å². The second kappa shape index (κ2) is 8.84. The van der Waals surface area contributed by atoms with Gasteiger partial charge >= 0.3 is 0 Å². The largest absolute Gasteiger partial charge is 0.497 e. The highest BCUT2D eigenvalue weighted by atomic mass is 16.5. The van der Waals surface area contributed by atoms with E-state index in [2.05, 4.69) is 11.8 Å². The van der Waals surface area contributed by atoms with E-state index < -0.39 is 0 Å². The molecule has 0 aromatic heterocycles. The number of likely N-dealkylation sites (tertiary alicyclic amines) is 1. The van der Waals surface area contributed by atoms with Crippen LogP contribution in [-0.4, -0.2) is 43.5 Å². The summed E-state index contributed by atoms with van der Waals surface area (Å²) in [5.74, 6) is 1.47. The molecule has 0 saturated carbocycles. The summed E-state index contributed by atoms with van der Waals surface area (Å²) in [6.45, 7) is 6.24. The maximum absolute atomic E-state index is 13.6. The minimum atomic E-state index is -0.298. The van der Waals surface area contributed by atoms with E-state index in [1.165, 1.54) is 4.90 Å². The molecule has 0 N–H and O–H groups in total. The minimum Gasteiger partial charge on any atom is -0.497 e. The van der Waals surface area contributed by atoms with Crippen molar-refractivity contribution in [1.82, 2.24) is 4.90 Å². The molecule has 0 aliphatic carbocycles. The van der Waals surface area contributed by atoms with Gasteiger partial charge in [-0.15, -0.1) is 0 Å². The van der Waals surface area contributed by atoms with E-state index in [0.29, 0.717) is 41.0 Å². The van der Waals surface area contributed by atoms with Gasteiger partial charge in [-0.1, -0.05) is 19.1 Å². The van der Waals surface area contributed by atoms with Gasteiger partial charge in [-0.05, 0) is 67.6 Å². The fraction of sp³-hybridized carbons (Fsp3) is 0.360. The number of ether oxygens (including phenoxy) is 2. The zero-order valence-corrected chi connectivity index (χ0v) is 18.3. The Bertz CT molecular complexity index is 987. The van der Waals surface area contributed by atoms with Gasteiger partial charge < -0.3 is 14.4 Å². The fourth-order valence-corrected chi connectivity index (χ4v) is 4.15. The molecule has 2 aromatic carbocycles. The number of carbonyl (C=O) groups excluding carboxylic acids is 2. The molecule has 6 heteroatoms. The minimum absolute atomic E-state index is 0.269. The SMILES string of the molecule is CCOc1ccc(N2C(=O)C(c3ccc(OC)cc3)=C(N3CCC(C)CC3)C2=O)cc1. The van der Waals surface area contributed by atoms with Gasteiger partial charge in [-0.3, -0.25) is 9.59 Å². The zero-order valence-electron chi connectivity index (χ0n) is 18.3. The van der Waals surface area contributed by atoms with E-state index in [1.54, 1.807) is 31.4 Å². The molecular formula is C25H28N2O4. The summed E-state index contributed by atoms with van der Waals surface area (Å²) in [6.07, 6.45) is 2.01. The van der Waals surface area contributed by atoms with Gasteiger partial charge in [0.1, 0.15) is 17.2 Å². The van der Waals surface area contributed by atoms with Crippen LogP contribution in [0.1, 0.15) is 32.3 Å². The first-order valence-corrected chi connectivity index (χ1v) is 10.8. The Hall–Kier alpha value is -3.28. The molecule has 0 bridgehead atoms. The number of imide groups is 1. The summed E-state index contributed by atoms with van der Waals surface area (Å²) in [6, 6.07) is 14.4. The van der Waals surface area contributed by atoms with E-state index in [9.17, 15) is 9.59 Å². The topological polar surface area (TPSA) is 59.1 Å². The average Bonchev–Trinajstić information content (AvgIpc) is 3.05. The summed E-state index contributed by atoms with van der Waals surface area (Å²) in [7, 11) is 1.60. The molecule has 2 aliphatic rings. The van der Waals surface area contributed by atoms with E-state index >= 15 is 0 Å². The molecule has 1 fully saturated rings. The van der Waals surface area contributed by atoms with Crippen LogP contribution in [0.15, 0.2) is 54.2 Å². The van der Waals surface area contributed by atoms with Gasteiger partial charge in [0.2, 0.25) is 0 Å². The number of rotatable bonds is 6. The van der Waals surface area contributed by atoms with Crippen LogP contribution >= 0.6 is 0 Å². The Morgan fingerprint density at radius 3 is 2.10 bits per heavy atom. The van der Waals surface area contributed by atoms with Crippen LogP contribution in [0.25, 0.3) is 5.57 Å². The maximum Gasteiger partial charge on any atom is 0.282 e. The summed E-state index contributed by atoms with van der Waals surface area (Å²) < 4.78 is 10.8. The Morgan fingerprint density at radius 1 is 0.903 bits per heavy atom. The van der Waals surface area contributed by atoms with Crippen LogP contribution in [-0.2, 0) is 9.59 Å². The lowest BCUT2D eigenvalue weighted by Gasteiger charge is -2.32. The molecule has 2 aliphatic heterocycles. The quantitative estimate of drug-likeness (QED) is 0.659. The third kappa shape index (κ3) is 4.02. The average molecular weight is 421 g/mol. The van der Waals surface area contributed by atoms with Crippen molar-refractivity contribution in [3.63, 3.8) is 0 Å². The first-order chi connectivity index (χ1) is 15.0. The fourth-order valence-electron chi connectivity index (χ4n) is 4.15. The lowest BCUT2D eigenvalue weighted by Crippen LogP contribution is -2.38. The normalized spacial score (nSPS) is 17.5. The molecule has 31 heavy (non-hydrogen) atoms. The van der Waals surface area contributed by atoms with E-state index in [0.717, 1.165) is 31.5 Å². The van der Waals surface area contributed by atoms with E-state index in [-0.39, 0.29) is 11.8 Å². The number of anilines is 1. The molecule has 4 rings (SSSR count). The molecule has 2 amide bonds. The second-order valence-corrected chi connectivity index (χ2v) is 7.99. The van der Waals surface area contributed by atoms with Gasteiger partial charge in [0.25, 0.3) is 11.8 Å². The Balaban J connectivity index is 1.74. The molecule has 1 saturated heterocycles. The highest BCUT2D eigenvalue weighted by Crippen LogP contribution is 2.37. The number of methoxy groups -OCH3 is 1. The molecule has 0 spiro atoms. The van der Waals surface area contributed by atoms with Gasteiger partial charge in [-0.2, -0.15) is 0 Å². The van der Waals surface area contributed by atoms with Gasteiger partial charge in [0, 0.05) is 13.1 Å². The van der Waals surface area contributed by atoms with Crippen LogP contribution < -0.4 is 14.4 Å². The van der Waals surface area contributed by atoms with Crippen molar-refractivity contribution in [1.29, 1.82) is 0 Å². The molecule has 0 unspecified atom stereocenters. The molecular weight excluding hydrogens is 392 g/mol. The van der Waals surface area contributed by atoms with Crippen molar-refractivity contribution in [2.24, 2.45) is 5.92 Å². The summed E-state index contributed by atoms with van der Waals surface area (Å²) in [4.78, 5) is 30.5. The predicted molar refractivity (Wildman–Crippen MR) is 120 cm³/mol. The molecule has 2 aromatic rings. The summed E-state index contributed by atoms with van der Waals surface area (Å²) >= 11 is 0. The number of amides is 2. The number of piperidine rings is 1. The van der Waals surface area contributed by atoms with Crippen LogP contribution in [0.2, 0.25) is 0 Å². The zero-order chi connectivity index (χ0) is 22.0. The molecule has 0 radical (unpaired) electrons. The molecule has 162 valence electrons. The highest BCUT2D eigenvalue weighted by Gasteiger charge is 2.43. The lowest BCUT2D eigenvalue weighted by molar-refractivity contribution is -0.120. The van der Waals surface area contributed by atoms with Crippen LogP contribution in [0.3, 0.4) is 0 Å². The van der Waals surface area contributed by atoms with E-state index in [4.69, 9.17) is 9.47 Å². The molecule has 0 atom stereocenters. The Labute approximate surface area is 183 Å². The number of hydrogen-bond acceptors (Lipinski definition) is 5. The third-order valence-corrected chi connectivity index (χ3v) is 5.94. The van der Waals surface area contributed by atoms with Gasteiger partial charge in [-0.25, -0.2) is 4.90 Å². The highest BCUT2D eigenvalue weighted by molar-refractivity contribution is 6.45. The lowest BCUT2D eigenvalue weighted by atomic mass is 9.97. The van der Waals surface area contributed by atoms with Crippen LogP contribution in [0.4, 0.5) is 5.69 Å². The van der Waals surface area contributed by atoms with E-state index in [1.807, 2.05) is 31.2 Å². The third-order valence-electron chi connectivity index (χ3n) is 5.94. The maximum atomic E-state index is 13.6. The number of hydrogen-bond donors (Lipinski definition) is 0. The van der Waals surface area contributed by atoms with Crippen molar-refractivity contribution in [2.75, 3.05) is 31.7 Å². The predicted octanol–water partition coefficient (Wildman–Crippen LogP) is 4.11. The van der Waals surface area contributed by atoms with Crippen molar-refractivity contribution >= 4 is 23.1 Å². The van der Waals surface area contributed by atoms with Crippen molar-refractivity contribution in [3.05, 3.63) is 59.8 Å². The summed E-state index contributed by atoms with van der Waals surface area (Å²) in [5, 5.41) is 0. The summed E-state index contributed by atoms with van der Waals surface area (Å²) in [5.41, 5.74) is 2.22. The first kappa shape index (κ1) is 21.0. The standard InChI is InChI=1S/C25H28N2O4/c1-4-31-21-11-7-19(8-12-21)27-24(28)22(18-5-9-20(30-3)10-6-18)23(25(27)29)26-15-13-17(2)14-16-26/h5-12,17H,4,13-16H2,1-3H3. The van der Waals surface area contributed by atoms with Crippen molar-refractivity contribution in [3.8, 4) is 11.5 Å². The smallest absolute Gasteiger partial charge is 0.282 e.